The van der Waals surface area contributed by atoms with Gasteiger partial charge in [-0.2, -0.15) is 0 Å². The number of nitrogens with one attached hydrogen (secondary N) is 1. The zero-order chi connectivity index (χ0) is 33.7. The van der Waals surface area contributed by atoms with Gasteiger partial charge < -0.3 is 10.2 Å². The van der Waals surface area contributed by atoms with Crippen LogP contribution in [0.3, 0.4) is 0 Å². The minimum absolute atomic E-state index is 0.970. The maximum absolute atomic E-state index is 4.47. The van der Waals surface area contributed by atoms with Gasteiger partial charge in [0.05, 0.1) is 5.69 Å². The van der Waals surface area contributed by atoms with Crippen molar-refractivity contribution in [3.63, 3.8) is 0 Å². The Hall–Kier alpha value is -6.64. The first-order valence-electron chi connectivity index (χ1n) is 16.9. The number of rotatable bonds is 7. The fraction of sp³-hybridized carbons (Fsp3) is 0. The Morgan fingerprint density at radius 1 is 0.420 bits per heavy atom. The van der Waals surface area contributed by atoms with E-state index in [4.69, 9.17) is 0 Å². The van der Waals surface area contributed by atoms with Crippen LogP contribution < -0.4 is 10.2 Å². The van der Waals surface area contributed by atoms with Crippen molar-refractivity contribution in [1.82, 2.24) is 0 Å². The monoisotopic (exact) mass is 640 g/mol. The number of nitrogens with zero attached hydrogens (tertiary/aromatic N) is 1. The van der Waals surface area contributed by atoms with Crippen LogP contribution >= 0.6 is 0 Å². The van der Waals surface area contributed by atoms with Crippen LogP contribution in [-0.2, 0) is 0 Å². The van der Waals surface area contributed by atoms with Crippen molar-refractivity contribution in [3.05, 3.63) is 212 Å². The van der Waals surface area contributed by atoms with Gasteiger partial charge in [-0.1, -0.05) is 146 Å². The highest BCUT2D eigenvalue weighted by atomic mass is 15.1. The highest BCUT2D eigenvalue weighted by Gasteiger charge is 2.17. The van der Waals surface area contributed by atoms with E-state index >= 15 is 0 Å². The van der Waals surface area contributed by atoms with Gasteiger partial charge >= 0.3 is 0 Å². The van der Waals surface area contributed by atoms with E-state index < -0.39 is 0 Å². The molecule has 238 valence electrons. The molecule has 0 atom stereocenters. The van der Waals surface area contributed by atoms with Gasteiger partial charge in [0, 0.05) is 34.4 Å². The molecule has 7 aromatic carbocycles. The molecule has 2 nitrogen and oxygen atoms in total. The summed E-state index contributed by atoms with van der Waals surface area (Å²) in [4.78, 5) is 2.24. The molecule has 0 bridgehead atoms. The molecule has 8 rings (SSSR count). The molecule has 2 heteroatoms. The number of benzene rings is 7. The topological polar surface area (TPSA) is 15.3 Å². The second-order valence-corrected chi connectivity index (χ2v) is 12.4. The molecule has 0 radical (unpaired) electrons. The van der Waals surface area contributed by atoms with Crippen LogP contribution in [0, 0.1) is 0 Å². The lowest BCUT2D eigenvalue weighted by Gasteiger charge is -2.26. The van der Waals surface area contributed by atoms with E-state index in [0.29, 0.717) is 0 Å². The smallest absolute Gasteiger partial charge is 0.0534 e. The molecule has 0 saturated carbocycles. The second-order valence-electron chi connectivity index (χ2n) is 12.4. The fourth-order valence-electron chi connectivity index (χ4n) is 6.55. The maximum atomic E-state index is 4.47. The van der Waals surface area contributed by atoms with E-state index in [1.165, 1.54) is 22.3 Å². The first-order chi connectivity index (χ1) is 24.7. The quantitative estimate of drug-likeness (QED) is 0.186. The molecule has 1 N–H and O–H groups in total. The minimum atomic E-state index is 0.970. The molecule has 50 heavy (non-hydrogen) atoms. The largest absolute Gasteiger partial charge is 0.355 e. The van der Waals surface area contributed by atoms with Crippen molar-refractivity contribution in [1.29, 1.82) is 0 Å². The average Bonchev–Trinajstić information content (AvgIpc) is 3.19. The van der Waals surface area contributed by atoms with Crippen molar-refractivity contribution in [2.45, 2.75) is 0 Å². The van der Waals surface area contributed by atoms with Gasteiger partial charge in [0.15, 0.2) is 0 Å². The lowest BCUT2D eigenvalue weighted by Crippen LogP contribution is -2.11. The van der Waals surface area contributed by atoms with E-state index in [1.54, 1.807) is 0 Å². The SMILES string of the molecule is C=C1/C=C\C=C/N(c2ccc(-c3ccccc3)cc2)c2ccc(-c3ccc(Nc4ccc(-c5ccccc5)cc4)c(-c4ccccc4)c3)cc21. The maximum Gasteiger partial charge on any atom is 0.0534 e. The van der Waals surface area contributed by atoms with Crippen LogP contribution in [0.15, 0.2) is 207 Å². The van der Waals surface area contributed by atoms with Crippen molar-refractivity contribution in [2.24, 2.45) is 0 Å². The lowest BCUT2D eigenvalue weighted by atomic mass is 9.93. The first kappa shape index (κ1) is 30.7. The number of fused-ring (bicyclic) bond motifs is 1. The van der Waals surface area contributed by atoms with Gasteiger partial charge in [0.1, 0.15) is 0 Å². The van der Waals surface area contributed by atoms with Gasteiger partial charge in [0.25, 0.3) is 0 Å². The zero-order valence-corrected chi connectivity index (χ0v) is 27.7. The van der Waals surface area contributed by atoms with Crippen LogP contribution in [0.2, 0.25) is 0 Å². The number of anilines is 4. The molecule has 0 aliphatic carbocycles. The Morgan fingerprint density at radius 2 is 0.920 bits per heavy atom. The molecule has 1 heterocycles. The van der Waals surface area contributed by atoms with Gasteiger partial charge in [0.2, 0.25) is 0 Å². The fourth-order valence-corrected chi connectivity index (χ4v) is 6.55. The average molecular weight is 641 g/mol. The van der Waals surface area contributed by atoms with Crippen molar-refractivity contribution < 1.29 is 0 Å². The minimum Gasteiger partial charge on any atom is -0.355 e. The summed E-state index contributed by atoms with van der Waals surface area (Å²) in [5.74, 6) is 0. The molecule has 0 amide bonds. The third-order valence-corrected chi connectivity index (χ3v) is 9.21. The van der Waals surface area contributed by atoms with Crippen LogP contribution in [0.4, 0.5) is 22.7 Å². The van der Waals surface area contributed by atoms with Gasteiger partial charge in [-0.3, -0.25) is 0 Å². The third kappa shape index (κ3) is 6.43. The molecular weight excluding hydrogens is 605 g/mol. The van der Waals surface area contributed by atoms with Gasteiger partial charge in [-0.25, -0.2) is 0 Å². The molecule has 0 aromatic heterocycles. The highest BCUT2D eigenvalue weighted by molar-refractivity contribution is 5.90. The molecule has 7 aromatic rings. The Labute approximate surface area is 294 Å². The summed E-state index contributed by atoms with van der Waals surface area (Å²) in [5, 5.41) is 3.70. The van der Waals surface area contributed by atoms with E-state index in [0.717, 1.165) is 56.1 Å². The van der Waals surface area contributed by atoms with Crippen molar-refractivity contribution in [3.8, 4) is 44.5 Å². The van der Waals surface area contributed by atoms with Crippen LogP contribution in [-0.4, -0.2) is 0 Å². The van der Waals surface area contributed by atoms with E-state index in [-0.39, 0.29) is 0 Å². The number of hydrogen-bond acceptors (Lipinski definition) is 2. The molecule has 0 saturated heterocycles. The van der Waals surface area contributed by atoms with Crippen LogP contribution in [0.25, 0.3) is 50.1 Å². The van der Waals surface area contributed by atoms with Crippen LogP contribution in [0.5, 0.6) is 0 Å². The third-order valence-electron chi connectivity index (χ3n) is 9.21. The second kappa shape index (κ2) is 13.8. The Morgan fingerprint density at radius 3 is 1.54 bits per heavy atom. The van der Waals surface area contributed by atoms with Crippen LogP contribution in [0.1, 0.15) is 5.56 Å². The first-order valence-corrected chi connectivity index (χ1v) is 16.9. The van der Waals surface area contributed by atoms with Gasteiger partial charge in [-0.05, 0) is 99.1 Å². The summed E-state index contributed by atoms with van der Waals surface area (Å²) in [7, 11) is 0. The van der Waals surface area contributed by atoms with Gasteiger partial charge in [-0.15, -0.1) is 0 Å². The number of hydrogen-bond donors (Lipinski definition) is 1. The summed E-state index contributed by atoms with van der Waals surface area (Å²) in [6, 6.07) is 62.3. The highest BCUT2D eigenvalue weighted by Crippen LogP contribution is 2.40. The standard InChI is InChI=1S/C48H36N2/c1-35-13-11-12-32-50(44-28-22-39(23-29-44)37-16-7-3-8-17-37)48-31-25-42(33-45(35)48)41-24-30-47(46(34-41)40-18-9-4-10-19-40)49-43-26-20-38(21-27-43)36-14-5-2-6-15-36/h2-34,49H,1H2/b13-11-,32-12-. The summed E-state index contributed by atoms with van der Waals surface area (Å²) in [5.41, 5.74) is 15.7. The molecule has 0 fully saturated rings. The summed E-state index contributed by atoms with van der Waals surface area (Å²) in [6.07, 6.45) is 8.34. The molecule has 0 unspecified atom stereocenters. The predicted molar refractivity (Wildman–Crippen MR) is 214 cm³/mol. The molecule has 1 aliphatic rings. The molecule has 0 spiro atoms. The normalized spacial score (nSPS) is 13.5. The predicted octanol–water partition coefficient (Wildman–Crippen LogP) is 13.3. The zero-order valence-electron chi connectivity index (χ0n) is 27.7. The van der Waals surface area contributed by atoms with E-state index in [2.05, 4.69) is 205 Å². The summed E-state index contributed by atoms with van der Waals surface area (Å²) in [6.45, 7) is 4.47. The summed E-state index contributed by atoms with van der Waals surface area (Å²) < 4.78 is 0. The van der Waals surface area contributed by atoms with E-state index in [9.17, 15) is 0 Å². The van der Waals surface area contributed by atoms with Crippen molar-refractivity contribution >= 4 is 28.3 Å². The lowest BCUT2D eigenvalue weighted by molar-refractivity contribution is 1.27. The molecular formula is C48H36N2. The molecule has 1 aliphatic heterocycles. The number of allylic oxidation sites excluding steroid dienone is 4. The van der Waals surface area contributed by atoms with E-state index in [1.807, 2.05) is 12.1 Å². The summed E-state index contributed by atoms with van der Waals surface area (Å²) >= 11 is 0. The Balaban J connectivity index is 1.13. The van der Waals surface area contributed by atoms with Crippen molar-refractivity contribution in [2.75, 3.05) is 10.2 Å². The Kier molecular flexibility index (Phi) is 8.49. The Bertz CT molecular complexity index is 2320.